The smallest absolute Gasteiger partial charge is 0.251 e. The Balaban J connectivity index is 1.62. The zero-order valence-corrected chi connectivity index (χ0v) is 12.7. The fraction of sp³-hybridized carbons (Fsp3) is 0.389. The molecule has 4 heterocycles. The molecule has 1 fully saturated rings. The van der Waals surface area contributed by atoms with Crippen molar-refractivity contribution >= 4 is 0 Å². The van der Waals surface area contributed by atoms with Gasteiger partial charge in [-0.05, 0) is 48.2 Å². The molecule has 5 heteroatoms. The van der Waals surface area contributed by atoms with Gasteiger partial charge in [0.25, 0.3) is 5.56 Å². The molecule has 23 heavy (non-hydrogen) atoms. The third kappa shape index (κ3) is 2.07. The summed E-state index contributed by atoms with van der Waals surface area (Å²) in [4.78, 5) is 12.6. The molecule has 0 aliphatic carbocycles. The molecule has 1 N–H and O–H groups in total. The molecule has 5 rings (SSSR count). The highest BCUT2D eigenvalue weighted by Crippen LogP contribution is 2.37. The number of hydrogen-bond donors (Lipinski definition) is 1. The monoisotopic (exact) mass is 310 g/mol. The zero-order chi connectivity index (χ0) is 15.4. The van der Waals surface area contributed by atoms with Crippen molar-refractivity contribution in [3.63, 3.8) is 0 Å². The van der Waals surface area contributed by atoms with Gasteiger partial charge in [-0.15, -0.1) is 0 Å². The first-order valence-corrected chi connectivity index (χ1v) is 8.13. The molecule has 0 unspecified atom stereocenters. The van der Waals surface area contributed by atoms with E-state index in [0.29, 0.717) is 11.8 Å². The van der Waals surface area contributed by atoms with Crippen LogP contribution in [0.3, 0.4) is 0 Å². The number of ether oxygens (including phenoxy) is 2. The first-order valence-electron chi connectivity index (χ1n) is 8.13. The van der Waals surface area contributed by atoms with E-state index in [2.05, 4.69) is 11.4 Å². The number of nitrogens with zero attached hydrogens (tertiary/aromatic N) is 1. The average molecular weight is 310 g/mol. The fourth-order valence-corrected chi connectivity index (χ4v) is 4.05. The lowest BCUT2D eigenvalue weighted by molar-refractivity contribution is 0.174. The Kier molecular flexibility index (Phi) is 2.79. The zero-order valence-electron chi connectivity index (χ0n) is 12.7. The summed E-state index contributed by atoms with van der Waals surface area (Å²) in [6, 6.07) is 9.78. The third-order valence-corrected chi connectivity index (χ3v) is 5.17. The predicted molar refractivity (Wildman–Crippen MR) is 86.0 cm³/mol. The molecule has 5 nitrogen and oxygen atoms in total. The van der Waals surface area contributed by atoms with Gasteiger partial charge in [0.05, 0.1) is 0 Å². The first kappa shape index (κ1) is 13.2. The van der Waals surface area contributed by atoms with Crippen molar-refractivity contribution < 1.29 is 9.47 Å². The molecule has 2 atom stereocenters. The maximum Gasteiger partial charge on any atom is 0.251 e. The average Bonchev–Trinajstić information content (AvgIpc) is 3.03. The third-order valence-electron chi connectivity index (χ3n) is 5.17. The largest absolute Gasteiger partial charge is 0.454 e. The van der Waals surface area contributed by atoms with Crippen LogP contribution in [0.15, 0.2) is 35.1 Å². The number of rotatable bonds is 1. The van der Waals surface area contributed by atoms with Crippen molar-refractivity contribution in [2.45, 2.75) is 18.9 Å². The molecule has 2 bridgehead atoms. The van der Waals surface area contributed by atoms with Crippen LogP contribution in [-0.4, -0.2) is 24.4 Å². The van der Waals surface area contributed by atoms with Crippen molar-refractivity contribution in [2.24, 2.45) is 5.92 Å². The van der Waals surface area contributed by atoms with Gasteiger partial charge in [0.2, 0.25) is 6.79 Å². The number of hydrogen-bond acceptors (Lipinski definition) is 4. The Labute approximate surface area is 133 Å². The quantitative estimate of drug-likeness (QED) is 0.875. The van der Waals surface area contributed by atoms with E-state index < -0.39 is 0 Å². The van der Waals surface area contributed by atoms with Crippen LogP contribution in [0.25, 0.3) is 11.1 Å². The fourth-order valence-electron chi connectivity index (χ4n) is 4.05. The minimum Gasteiger partial charge on any atom is -0.454 e. The Bertz CT molecular complexity index is 843. The molecule has 2 aromatic rings. The lowest BCUT2D eigenvalue weighted by Gasteiger charge is -2.37. The van der Waals surface area contributed by atoms with Gasteiger partial charge in [0.15, 0.2) is 11.5 Å². The number of piperidine rings is 1. The van der Waals surface area contributed by atoms with E-state index in [0.717, 1.165) is 48.0 Å². The molecule has 0 spiro atoms. The van der Waals surface area contributed by atoms with Gasteiger partial charge in [-0.25, -0.2) is 0 Å². The molecule has 0 radical (unpaired) electrons. The second-order valence-electron chi connectivity index (χ2n) is 6.64. The maximum absolute atomic E-state index is 12.6. The van der Waals surface area contributed by atoms with Crippen LogP contribution in [0.5, 0.6) is 11.5 Å². The minimum atomic E-state index is 0.103. The Morgan fingerprint density at radius 3 is 2.91 bits per heavy atom. The van der Waals surface area contributed by atoms with Crippen LogP contribution < -0.4 is 20.3 Å². The lowest BCUT2D eigenvalue weighted by Crippen LogP contribution is -2.44. The van der Waals surface area contributed by atoms with Gasteiger partial charge in [-0.2, -0.15) is 0 Å². The number of fused-ring (bicyclic) bond motifs is 5. The maximum atomic E-state index is 12.6. The molecule has 1 aromatic heterocycles. The second kappa shape index (κ2) is 4.86. The van der Waals surface area contributed by atoms with Gasteiger partial charge in [-0.3, -0.25) is 4.79 Å². The molecule has 1 aromatic carbocycles. The van der Waals surface area contributed by atoms with E-state index in [1.165, 1.54) is 6.42 Å². The number of pyridine rings is 1. The Morgan fingerprint density at radius 1 is 1.04 bits per heavy atom. The summed E-state index contributed by atoms with van der Waals surface area (Å²) < 4.78 is 12.8. The number of benzene rings is 1. The van der Waals surface area contributed by atoms with Crippen LogP contribution in [0.1, 0.15) is 18.0 Å². The van der Waals surface area contributed by atoms with E-state index >= 15 is 0 Å². The molecule has 0 saturated carbocycles. The molecular formula is C18H18N2O3. The summed E-state index contributed by atoms with van der Waals surface area (Å²) in [5.74, 6) is 2.53. The summed E-state index contributed by atoms with van der Waals surface area (Å²) in [7, 11) is 0. The van der Waals surface area contributed by atoms with Crippen molar-refractivity contribution in [3.05, 3.63) is 46.4 Å². The number of nitrogens with one attached hydrogen (secondary N) is 1. The summed E-state index contributed by atoms with van der Waals surface area (Å²) in [5, 5.41) is 3.49. The van der Waals surface area contributed by atoms with Crippen LogP contribution in [0, 0.1) is 5.92 Å². The van der Waals surface area contributed by atoms with Gasteiger partial charge < -0.3 is 19.4 Å². The van der Waals surface area contributed by atoms with Gasteiger partial charge >= 0.3 is 0 Å². The molecule has 0 amide bonds. The first-order chi connectivity index (χ1) is 11.3. The normalized spacial score (nSPS) is 24.3. The van der Waals surface area contributed by atoms with Crippen molar-refractivity contribution in [1.29, 1.82) is 0 Å². The SMILES string of the molecule is O=c1cc(-c2ccc3c(c2)OCO3)cc2n1C[C@@H]1CNC[C@H]2C1. The minimum absolute atomic E-state index is 0.103. The van der Waals surface area contributed by atoms with E-state index in [-0.39, 0.29) is 12.4 Å². The molecule has 1 saturated heterocycles. The standard InChI is InChI=1S/C18H18N2O3/c21-18-6-13(12-1-2-16-17(5-12)23-10-22-16)4-15-14-3-11(7-19-8-14)9-20(15)18/h1-2,4-6,11,14,19H,3,7-10H2/t11-,14+/m0/s1. The second-order valence-corrected chi connectivity index (χ2v) is 6.64. The van der Waals surface area contributed by atoms with E-state index in [9.17, 15) is 4.79 Å². The summed E-state index contributed by atoms with van der Waals surface area (Å²) in [6.07, 6.45) is 1.18. The predicted octanol–water partition coefficient (Wildman–Crippen LogP) is 1.95. The summed E-state index contributed by atoms with van der Waals surface area (Å²) in [5.41, 5.74) is 3.23. The summed E-state index contributed by atoms with van der Waals surface area (Å²) in [6.45, 7) is 3.08. The lowest BCUT2D eigenvalue weighted by atomic mass is 9.83. The highest BCUT2D eigenvalue weighted by molar-refractivity contribution is 5.67. The highest BCUT2D eigenvalue weighted by atomic mass is 16.7. The highest BCUT2D eigenvalue weighted by Gasteiger charge is 2.31. The van der Waals surface area contributed by atoms with Gasteiger partial charge in [0, 0.05) is 30.8 Å². The van der Waals surface area contributed by atoms with Crippen LogP contribution in [-0.2, 0) is 6.54 Å². The van der Waals surface area contributed by atoms with E-state index in [4.69, 9.17) is 9.47 Å². The van der Waals surface area contributed by atoms with Crippen molar-refractivity contribution in [2.75, 3.05) is 19.9 Å². The topological polar surface area (TPSA) is 52.5 Å². The van der Waals surface area contributed by atoms with Crippen molar-refractivity contribution in [1.82, 2.24) is 9.88 Å². The van der Waals surface area contributed by atoms with Crippen LogP contribution in [0.4, 0.5) is 0 Å². The van der Waals surface area contributed by atoms with Gasteiger partial charge in [0.1, 0.15) is 0 Å². The Hall–Kier alpha value is -2.27. The molecule has 3 aliphatic heterocycles. The molecule has 3 aliphatic rings. The van der Waals surface area contributed by atoms with Crippen molar-refractivity contribution in [3.8, 4) is 22.6 Å². The molecule has 118 valence electrons. The van der Waals surface area contributed by atoms with Crippen LogP contribution >= 0.6 is 0 Å². The summed E-state index contributed by atoms with van der Waals surface area (Å²) >= 11 is 0. The van der Waals surface area contributed by atoms with E-state index in [1.807, 2.05) is 22.8 Å². The van der Waals surface area contributed by atoms with Crippen LogP contribution in [0.2, 0.25) is 0 Å². The Morgan fingerprint density at radius 2 is 1.96 bits per heavy atom. The van der Waals surface area contributed by atoms with Gasteiger partial charge in [-0.1, -0.05) is 6.07 Å². The molecular weight excluding hydrogens is 292 g/mol. The number of aromatic nitrogens is 1. The van der Waals surface area contributed by atoms with E-state index in [1.54, 1.807) is 6.07 Å².